The van der Waals surface area contributed by atoms with Crippen molar-refractivity contribution < 1.29 is 24.2 Å². The number of carbonyl (C=O) groups is 3. The second kappa shape index (κ2) is 15.1. The zero-order chi connectivity index (χ0) is 24.8. The predicted molar refractivity (Wildman–Crippen MR) is 132 cm³/mol. The molecule has 34 heavy (non-hydrogen) atoms. The van der Waals surface area contributed by atoms with Gasteiger partial charge < -0.3 is 20.1 Å². The second-order valence-electron chi connectivity index (χ2n) is 8.75. The number of benzene rings is 1. The van der Waals surface area contributed by atoms with Crippen molar-refractivity contribution in [1.82, 2.24) is 10.2 Å². The predicted octanol–water partition coefficient (Wildman–Crippen LogP) is 3.18. The van der Waals surface area contributed by atoms with Gasteiger partial charge in [-0.3, -0.25) is 14.4 Å². The van der Waals surface area contributed by atoms with E-state index in [1.165, 1.54) is 0 Å². The first kappa shape index (κ1) is 27.3. The summed E-state index contributed by atoms with van der Waals surface area (Å²) in [5, 5.41) is 12.5. The molecule has 1 saturated heterocycles. The monoisotopic (exact) mass is 470 g/mol. The highest BCUT2D eigenvalue weighted by molar-refractivity contribution is 5.86. The van der Waals surface area contributed by atoms with Gasteiger partial charge in [0, 0.05) is 19.4 Å². The van der Waals surface area contributed by atoms with Crippen molar-refractivity contribution in [3.8, 4) is 0 Å². The van der Waals surface area contributed by atoms with Gasteiger partial charge in [0.2, 0.25) is 11.8 Å². The van der Waals surface area contributed by atoms with Crippen LogP contribution in [0.2, 0.25) is 0 Å². The Balaban J connectivity index is 2.02. The standard InChI is InChI=1S/C27H38N2O5/c1-3-5-7-15-26(32)34-20-23(17-21-12-8-6-9-13-21)28-27(33)22(11-4-2)18-25(31)29-16-10-14-24(29)19-30/h3-4,6,8-9,12-13,22-24,30H,1-2,5,7,10-11,14-20H2,(H,28,33). The molecule has 0 aliphatic carbocycles. The molecule has 0 radical (unpaired) electrons. The zero-order valence-corrected chi connectivity index (χ0v) is 20.0. The van der Waals surface area contributed by atoms with Gasteiger partial charge >= 0.3 is 5.97 Å². The molecule has 0 saturated carbocycles. The van der Waals surface area contributed by atoms with Crippen LogP contribution in [0.25, 0.3) is 0 Å². The Morgan fingerprint density at radius 3 is 2.65 bits per heavy atom. The molecule has 0 spiro atoms. The first-order valence-electron chi connectivity index (χ1n) is 12.1. The third-order valence-electron chi connectivity index (χ3n) is 6.06. The van der Waals surface area contributed by atoms with Gasteiger partial charge in [0.25, 0.3) is 0 Å². The van der Waals surface area contributed by atoms with Crippen LogP contribution in [-0.2, 0) is 25.5 Å². The van der Waals surface area contributed by atoms with Crippen molar-refractivity contribution in [2.75, 3.05) is 19.8 Å². The number of unbranched alkanes of at least 4 members (excludes halogenated alkanes) is 1. The molecule has 2 N–H and O–H groups in total. The minimum Gasteiger partial charge on any atom is -0.463 e. The van der Waals surface area contributed by atoms with E-state index >= 15 is 0 Å². The van der Waals surface area contributed by atoms with Gasteiger partial charge in [-0.05, 0) is 44.1 Å². The molecule has 1 fully saturated rings. The number of hydrogen-bond acceptors (Lipinski definition) is 5. The number of aliphatic hydroxyl groups excluding tert-OH is 1. The van der Waals surface area contributed by atoms with Gasteiger partial charge in [0.05, 0.1) is 24.6 Å². The first-order chi connectivity index (χ1) is 16.5. The topological polar surface area (TPSA) is 95.9 Å². The number of carbonyl (C=O) groups excluding carboxylic acids is 3. The summed E-state index contributed by atoms with van der Waals surface area (Å²) in [6.45, 7) is 7.98. The molecule has 1 heterocycles. The number of amides is 2. The SMILES string of the molecule is C=CCCCC(=O)OCC(Cc1ccccc1)NC(=O)C(CC=C)CC(=O)N1CCCC1CO. The van der Waals surface area contributed by atoms with E-state index in [0.29, 0.717) is 32.2 Å². The van der Waals surface area contributed by atoms with Crippen LogP contribution in [0.15, 0.2) is 55.6 Å². The number of likely N-dealkylation sites (tertiary alicyclic amines) is 1. The van der Waals surface area contributed by atoms with Crippen LogP contribution in [-0.4, -0.2) is 59.6 Å². The lowest BCUT2D eigenvalue weighted by molar-refractivity contribution is -0.145. The molecule has 0 aromatic heterocycles. The number of allylic oxidation sites excluding steroid dienone is 2. The smallest absolute Gasteiger partial charge is 0.305 e. The Bertz CT molecular complexity index is 810. The van der Waals surface area contributed by atoms with Gasteiger partial charge in [-0.2, -0.15) is 0 Å². The fourth-order valence-electron chi connectivity index (χ4n) is 4.19. The lowest BCUT2D eigenvalue weighted by atomic mass is 9.98. The maximum absolute atomic E-state index is 13.2. The second-order valence-corrected chi connectivity index (χ2v) is 8.75. The molecule has 186 valence electrons. The summed E-state index contributed by atoms with van der Waals surface area (Å²) >= 11 is 0. The quantitative estimate of drug-likeness (QED) is 0.233. The van der Waals surface area contributed by atoms with E-state index in [1.54, 1.807) is 17.1 Å². The van der Waals surface area contributed by atoms with Crippen LogP contribution >= 0.6 is 0 Å². The van der Waals surface area contributed by atoms with E-state index in [9.17, 15) is 19.5 Å². The highest BCUT2D eigenvalue weighted by Crippen LogP contribution is 2.21. The van der Waals surface area contributed by atoms with Crippen molar-refractivity contribution in [2.45, 2.75) is 63.5 Å². The van der Waals surface area contributed by atoms with Gasteiger partial charge in [-0.1, -0.05) is 42.5 Å². The van der Waals surface area contributed by atoms with Crippen molar-refractivity contribution in [1.29, 1.82) is 0 Å². The molecule has 2 rings (SSSR count). The minimum absolute atomic E-state index is 0.0494. The summed E-state index contributed by atoms with van der Waals surface area (Å²) in [7, 11) is 0. The van der Waals surface area contributed by atoms with Crippen LogP contribution in [0, 0.1) is 5.92 Å². The highest BCUT2D eigenvalue weighted by atomic mass is 16.5. The van der Waals surface area contributed by atoms with Gasteiger partial charge in [0.15, 0.2) is 0 Å². The van der Waals surface area contributed by atoms with Crippen molar-refractivity contribution in [3.63, 3.8) is 0 Å². The molecule has 0 bridgehead atoms. The fraction of sp³-hybridized carbons (Fsp3) is 0.519. The van der Waals surface area contributed by atoms with E-state index in [2.05, 4.69) is 18.5 Å². The largest absolute Gasteiger partial charge is 0.463 e. The van der Waals surface area contributed by atoms with E-state index in [4.69, 9.17) is 4.74 Å². The third kappa shape index (κ3) is 9.14. The molecular formula is C27H38N2O5. The average molecular weight is 471 g/mol. The number of nitrogens with one attached hydrogen (secondary N) is 1. The van der Waals surface area contributed by atoms with Crippen molar-refractivity contribution in [2.24, 2.45) is 5.92 Å². The Morgan fingerprint density at radius 2 is 1.97 bits per heavy atom. The minimum atomic E-state index is -0.577. The molecule has 7 heteroatoms. The lowest BCUT2D eigenvalue weighted by Gasteiger charge is -2.26. The number of rotatable bonds is 15. The van der Waals surface area contributed by atoms with Crippen LogP contribution in [0.1, 0.15) is 50.5 Å². The summed E-state index contributed by atoms with van der Waals surface area (Å²) in [5.74, 6) is -1.29. The molecule has 2 amide bonds. The zero-order valence-electron chi connectivity index (χ0n) is 20.0. The number of ether oxygens (including phenoxy) is 1. The maximum Gasteiger partial charge on any atom is 0.305 e. The van der Waals surface area contributed by atoms with Gasteiger partial charge in [-0.15, -0.1) is 13.2 Å². The third-order valence-corrected chi connectivity index (χ3v) is 6.06. The molecule has 3 unspecified atom stereocenters. The Labute approximate surface area is 202 Å². The molecular weight excluding hydrogens is 432 g/mol. The summed E-state index contributed by atoms with van der Waals surface area (Å²) < 4.78 is 5.44. The van der Waals surface area contributed by atoms with Crippen LogP contribution in [0.3, 0.4) is 0 Å². The summed E-state index contributed by atoms with van der Waals surface area (Å²) in [6, 6.07) is 9.07. The Kier molecular flexibility index (Phi) is 12.1. The van der Waals surface area contributed by atoms with Crippen LogP contribution < -0.4 is 5.32 Å². The number of aliphatic hydroxyl groups is 1. The van der Waals surface area contributed by atoms with Gasteiger partial charge in [0.1, 0.15) is 6.61 Å². The maximum atomic E-state index is 13.2. The van der Waals surface area contributed by atoms with E-state index < -0.39 is 12.0 Å². The first-order valence-corrected chi connectivity index (χ1v) is 12.1. The molecule has 1 aromatic carbocycles. The summed E-state index contributed by atoms with van der Waals surface area (Å²) in [5.41, 5.74) is 1.01. The van der Waals surface area contributed by atoms with Crippen molar-refractivity contribution in [3.05, 3.63) is 61.2 Å². The Hall–Kier alpha value is -2.93. The fourth-order valence-corrected chi connectivity index (χ4v) is 4.19. The van der Waals surface area contributed by atoms with Gasteiger partial charge in [-0.25, -0.2) is 0 Å². The molecule has 1 aliphatic heterocycles. The molecule has 7 nitrogen and oxygen atoms in total. The Morgan fingerprint density at radius 1 is 1.21 bits per heavy atom. The highest BCUT2D eigenvalue weighted by Gasteiger charge is 2.31. The van der Waals surface area contributed by atoms with E-state index in [-0.39, 0.29) is 43.5 Å². The average Bonchev–Trinajstić information content (AvgIpc) is 3.32. The van der Waals surface area contributed by atoms with E-state index in [1.807, 2.05) is 30.3 Å². The van der Waals surface area contributed by atoms with Crippen LogP contribution in [0.4, 0.5) is 0 Å². The lowest BCUT2D eigenvalue weighted by Crippen LogP contribution is -2.45. The molecule has 3 atom stereocenters. The number of hydrogen-bond donors (Lipinski definition) is 2. The summed E-state index contributed by atoms with van der Waals surface area (Å²) in [4.78, 5) is 39.8. The summed E-state index contributed by atoms with van der Waals surface area (Å²) in [6.07, 6.45) is 7.65. The van der Waals surface area contributed by atoms with E-state index in [0.717, 1.165) is 24.8 Å². The molecule has 1 aliphatic rings. The van der Waals surface area contributed by atoms with Crippen molar-refractivity contribution >= 4 is 17.8 Å². The van der Waals surface area contributed by atoms with Crippen LogP contribution in [0.5, 0.6) is 0 Å². The number of nitrogens with zero attached hydrogens (tertiary/aromatic N) is 1. The molecule has 1 aromatic rings. The number of esters is 1. The normalized spacial score (nSPS) is 17.0.